The van der Waals surface area contributed by atoms with Gasteiger partial charge in [-0.15, -0.1) is 0 Å². The molecular weight excluding hydrogens is 460 g/mol. The Labute approximate surface area is 192 Å². The molecule has 1 saturated heterocycles. The smallest absolute Gasteiger partial charge is 0.251 e. The number of benzene rings is 2. The minimum Gasteiger partial charge on any atom is -0.493 e. The molecule has 0 saturated carbocycles. The highest BCUT2D eigenvalue weighted by atomic mass is 79.9. The third-order valence-corrected chi connectivity index (χ3v) is 6.17. The number of amides is 2. The van der Waals surface area contributed by atoms with Crippen molar-refractivity contribution >= 4 is 27.7 Å². The predicted octanol–water partition coefficient (Wildman–Crippen LogP) is 4.07. The average molecular weight is 489 g/mol. The van der Waals surface area contributed by atoms with E-state index < -0.39 is 0 Å². The highest BCUT2D eigenvalue weighted by Crippen LogP contribution is 2.27. The van der Waals surface area contributed by atoms with E-state index in [9.17, 15) is 9.59 Å². The lowest BCUT2D eigenvalue weighted by atomic mass is 9.96. The van der Waals surface area contributed by atoms with Crippen molar-refractivity contribution in [1.82, 2.24) is 10.2 Å². The molecule has 0 aliphatic carbocycles. The summed E-state index contributed by atoms with van der Waals surface area (Å²) in [7, 11) is 3.11. The lowest BCUT2D eigenvalue weighted by Crippen LogP contribution is -2.41. The quantitative estimate of drug-likeness (QED) is 0.607. The van der Waals surface area contributed by atoms with Gasteiger partial charge in [-0.25, -0.2) is 0 Å². The van der Waals surface area contributed by atoms with E-state index in [1.54, 1.807) is 32.4 Å². The second-order valence-electron chi connectivity index (χ2n) is 7.73. The Bertz CT molecular complexity index is 910. The van der Waals surface area contributed by atoms with Crippen molar-refractivity contribution < 1.29 is 19.1 Å². The summed E-state index contributed by atoms with van der Waals surface area (Å²) in [6, 6.07) is 13.2. The summed E-state index contributed by atoms with van der Waals surface area (Å²) in [5, 5.41) is 3.01. The Balaban J connectivity index is 1.41. The van der Waals surface area contributed by atoms with Crippen LogP contribution < -0.4 is 14.8 Å². The van der Waals surface area contributed by atoms with Crippen LogP contribution in [0.5, 0.6) is 11.5 Å². The van der Waals surface area contributed by atoms with Crippen molar-refractivity contribution in [3.8, 4) is 11.5 Å². The molecule has 2 amide bonds. The molecule has 0 unspecified atom stereocenters. The van der Waals surface area contributed by atoms with E-state index in [1.165, 1.54) is 0 Å². The molecule has 1 aliphatic rings. The maximum Gasteiger partial charge on any atom is 0.251 e. The molecule has 166 valence electrons. The zero-order valence-corrected chi connectivity index (χ0v) is 19.6. The summed E-state index contributed by atoms with van der Waals surface area (Å²) < 4.78 is 11.5. The van der Waals surface area contributed by atoms with Crippen LogP contribution in [0.2, 0.25) is 0 Å². The molecule has 2 aromatic rings. The number of carbonyl (C=O) groups excluding carboxylic acids is 2. The minimum atomic E-state index is -0.131. The lowest BCUT2D eigenvalue weighted by Gasteiger charge is -2.32. The van der Waals surface area contributed by atoms with Gasteiger partial charge in [-0.2, -0.15) is 0 Å². The Kier molecular flexibility index (Phi) is 8.35. The Morgan fingerprint density at radius 3 is 2.48 bits per heavy atom. The number of nitrogens with zero attached hydrogens (tertiary/aromatic N) is 1. The highest BCUT2D eigenvalue weighted by Gasteiger charge is 2.23. The Morgan fingerprint density at radius 1 is 1.06 bits per heavy atom. The van der Waals surface area contributed by atoms with Crippen LogP contribution in [0.4, 0.5) is 0 Å². The maximum absolute atomic E-state index is 12.5. The van der Waals surface area contributed by atoms with Gasteiger partial charge in [0.05, 0.1) is 14.2 Å². The second kappa shape index (κ2) is 11.2. The molecule has 31 heavy (non-hydrogen) atoms. The Hall–Kier alpha value is -2.54. The van der Waals surface area contributed by atoms with Gasteiger partial charge in [0.15, 0.2) is 11.5 Å². The summed E-state index contributed by atoms with van der Waals surface area (Å²) in [4.78, 5) is 27.0. The van der Waals surface area contributed by atoms with Crippen molar-refractivity contribution in [3.05, 3.63) is 58.1 Å². The van der Waals surface area contributed by atoms with Crippen molar-refractivity contribution in [2.75, 3.05) is 33.9 Å². The SMILES string of the molecule is COc1ccc(C(=O)NCC2CCN(C(=O)CCc3cccc(Br)c3)CC2)cc1OC. The van der Waals surface area contributed by atoms with E-state index in [0.29, 0.717) is 35.9 Å². The standard InChI is InChI=1S/C24H29BrN2O4/c1-30-21-8-7-19(15-22(21)31-2)24(29)26-16-18-10-12-27(13-11-18)23(28)9-6-17-4-3-5-20(25)14-17/h3-5,7-8,14-15,18H,6,9-13,16H2,1-2H3,(H,26,29). The maximum atomic E-state index is 12.5. The fourth-order valence-electron chi connectivity index (χ4n) is 3.80. The number of aryl methyl sites for hydroxylation is 1. The minimum absolute atomic E-state index is 0.131. The van der Waals surface area contributed by atoms with E-state index >= 15 is 0 Å². The molecule has 2 aromatic carbocycles. The van der Waals surface area contributed by atoms with Crippen LogP contribution in [0.15, 0.2) is 46.9 Å². The number of hydrogen-bond acceptors (Lipinski definition) is 4. The zero-order chi connectivity index (χ0) is 22.2. The van der Waals surface area contributed by atoms with Crippen LogP contribution in [0.1, 0.15) is 35.2 Å². The van der Waals surface area contributed by atoms with Gasteiger partial charge in [0.2, 0.25) is 5.91 Å². The summed E-state index contributed by atoms with van der Waals surface area (Å²) in [6.07, 6.45) is 3.07. The molecular formula is C24H29BrN2O4. The van der Waals surface area contributed by atoms with Gasteiger partial charge in [0.1, 0.15) is 0 Å². The fraction of sp³-hybridized carbons (Fsp3) is 0.417. The topological polar surface area (TPSA) is 67.9 Å². The van der Waals surface area contributed by atoms with E-state index in [2.05, 4.69) is 27.3 Å². The molecule has 0 spiro atoms. The molecule has 1 aliphatic heterocycles. The molecule has 7 heteroatoms. The third-order valence-electron chi connectivity index (χ3n) is 5.68. The number of likely N-dealkylation sites (tertiary alicyclic amines) is 1. The molecule has 1 fully saturated rings. The molecule has 1 heterocycles. The number of nitrogens with one attached hydrogen (secondary N) is 1. The van der Waals surface area contributed by atoms with Crippen LogP contribution in [-0.2, 0) is 11.2 Å². The van der Waals surface area contributed by atoms with Gasteiger partial charge < -0.3 is 19.7 Å². The predicted molar refractivity (Wildman–Crippen MR) is 124 cm³/mol. The van der Waals surface area contributed by atoms with Crippen LogP contribution in [0, 0.1) is 5.92 Å². The number of piperidine rings is 1. The molecule has 3 rings (SSSR count). The second-order valence-corrected chi connectivity index (χ2v) is 8.65. The summed E-state index contributed by atoms with van der Waals surface area (Å²) in [5.41, 5.74) is 1.70. The summed E-state index contributed by atoms with van der Waals surface area (Å²) in [5.74, 6) is 1.57. The first-order valence-electron chi connectivity index (χ1n) is 10.5. The molecule has 1 N–H and O–H groups in total. The number of rotatable bonds is 8. The van der Waals surface area contributed by atoms with E-state index in [0.717, 1.165) is 42.4 Å². The van der Waals surface area contributed by atoms with Crippen molar-refractivity contribution in [1.29, 1.82) is 0 Å². The number of carbonyl (C=O) groups is 2. The molecule has 0 radical (unpaired) electrons. The highest BCUT2D eigenvalue weighted by molar-refractivity contribution is 9.10. The summed E-state index contributed by atoms with van der Waals surface area (Å²) in [6.45, 7) is 2.09. The van der Waals surface area contributed by atoms with Crippen LogP contribution in [0.3, 0.4) is 0 Å². The van der Waals surface area contributed by atoms with Crippen LogP contribution >= 0.6 is 15.9 Å². The normalized spacial score (nSPS) is 14.2. The number of hydrogen-bond donors (Lipinski definition) is 1. The first kappa shape index (κ1) is 23.1. The molecule has 0 bridgehead atoms. The lowest BCUT2D eigenvalue weighted by molar-refractivity contribution is -0.132. The van der Waals surface area contributed by atoms with E-state index in [1.807, 2.05) is 23.1 Å². The van der Waals surface area contributed by atoms with Crippen molar-refractivity contribution in [2.45, 2.75) is 25.7 Å². The van der Waals surface area contributed by atoms with Crippen molar-refractivity contribution in [2.24, 2.45) is 5.92 Å². The largest absolute Gasteiger partial charge is 0.493 e. The number of ether oxygens (including phenoxy) is 2. The first-order valence-corrected chi connectivity index (χ1v) is 11.3. The van der Waals surface area contributed by atoms with Gasteiger partial charge in [-0.3, -0.25) is 9.59 Å². The molecule has 0 atom stereocenters. The van der Waals surface area contributed by atoms with Crippen LogP contribution in [0.25, 0.3) is 0 Å². The first-order chi connectivity index (χ1) is 15.0. The van der Waals surface area contributed by atoms with Gasteiger partial charge in [-0.1, -0.05) is 28.1 Å². The van der Waals surface area contributed by atoms with Gasteiger partial charge in [0.25, 0.3) is 5.91 Å². The number of halogens is 1. The van der Waals surface area contributed by atoms with E-state index in [4.69, 9.17) is 9.47 Å². The zero-order valence-electron chi connectivity index (χ0n) is 18.0. The van der Waals surface area contributed by atoms with Crippen LogP contribution in [-0.4, -0.2) is 50.6 Å². The van der Waals surface area contributed by atoms with E-state index in [-0.39, 0.29) is 11.8 Å². The molecule has 6 nitrogen and oxygen atoms in total. The fourth-order valence-corrected chi connectivity index (χ4v) is 4.25. The summed E-state index contributed by atoms with van der Waals surface area (Å²) >= 11 is 3.47. The van der Waals surface area contributed by atoms with Gasteiger partial charge >= 0.3 is 0 Å². The van der Waals surface area contributed by atoms with Gasteiger partial charge in [-0.05, 0) is 61.1 Å². The molecule has 0 aromatic heterocycles. The third kappa shape index (κ3) is 6.47. The average Bonchev–Trinajstić information content (AvgIpc) is 2.80. The monoisotopic (exact) mass is 488 g/mol. The number of methoxy groups -OCH3 is 2. The Morgan fingerprint density at radius 2 is 1.81 bits per heavy atom. The van der Waals surface area contributed by atoms with Crippen molar-refractivity contribution in [3.63, 3.8) is 0 Å². The van der Waals surface area contributed by atoms with Gasteiger partial charge in [0, 0.05) is 36.1 Å².